The van der Waals surface area contributed by atoms with Gasteiger partial charge in [0.15, 0.2) is 5.78 Å². The van der Waals surface area contributed by atoms with Crippen molar-refractivity contribution in [2.75, 3.05) is 36.2 Å². The first kappa shape index (κ1) is 78.4. The van der Waals surface area contributed by atoms with Crippen LogP contribution in [0.1, 0.15) is 107 Å². The highest BCUT2D eigenvalue weighted by Gasteiger charge is 2.43. The van der Waals surface area contributed by atoms with Crippen LogP contribution in [0.4, 0.5) is 0 Å². The molecule has 12 atom stereocenters. The molecule has 0 unspecified atom stereocenters. The molecule has 3 aromatic heterocycles. The Labute approximate surface area is 620 Å². The van der Waals surface area contributed by atoms with Gasteiger partial charge in [-0.1, -0.05) is 101 Å². The van der Waals surface area contributed by atoms with Crippen LogP contribution in [0.3, 0.4) is 0 Å². The molecule has 0 saturated carbocycles. The van der Waals surface area contributed by atoms with Crippen LogP contribution in [-0.4, -0.2) is 186 Å². The second-order valence-corrected chi connectivity index (χ2v) is 30.9. The highest BCUT2D eigenvalue weighted by atomic mass is 33.1. The van der Waals surface area contributed by atoms with Gasteiger partial charge >= 0.3 is 0 Å². The molecule has 8 amide bonds. The Morgan fingerprint density at radius 1 is 0.495 bits per heavy atom. The summed E-state index contributed by atoms with van der Waals surface area (Å²) in [6.07, 6.45) is 9.82. The maximum atomic E-state index is 15.8. The number of benzene rings is 3. The number of hydrogen-bond acceptors (Lipinski definition) is 19. The van der Waals surface area contributed by atoms with Crippen molar-refractivity contribution in [2.24, 2.45) is 40.1 Å². The first-order valence-corrected chi connectivity index (χ1v) is 39.5. The van der Waals surface area contributed by atoms with E-state index in [-0.39, 0.29) is 94.0 Å². The van der Waals surface area contributed by atoms with Crippen LogP contribution in [0.5, 0.6) is 0 Å². The fourth-order valence-electron chi connectivity index (χ4n) is 13.6. The number of aromatic nitrogens is 4. The third kappa shape index (κ3) is 21.5. The summed E-state index contributed by atoms with van der Waals surface area (Å²) in [5, 5.41) is 21.3. The van der Waals surface area contributed by atoms with Gasteiger partial charge in [0.05, 0.1) is 18.2 Å². The van der Waals surface area contributed by atoms with Gasteiger partial charge in [0.2, 0.25) is 47.3 Å². The number of fused-ring (bicyclic) bond motifs is 8. The van der Waals surface area contributed by atoms with Crippen molar-refractivity contribution in [3.8, 4) is 0 Å². The van der Waals surface area contributed by atoms with Crippen LogP contribution in [0.25, 0.3) is 21.8 Å². The number of aliphatic imine (C=N–C) groups is 1. The zero-order chi connectivity index (χ0) is 74.5. The number of Topliss-reactive ketones (excluding diaryl/α,β-unsaturated/α-hetero) is 4. The number of thioether (sulfide) groups is 1. The van der Waals surface area contributed by atoms with Gasteiger partial charge in [-0.2, -0.15) is 0 Å². The van der Waals surface area contributed by atoms with E-state index in [1.165, 1.54) is 43.0 Å². The van der Waals surface area contributed by atoms with Crippen molar-refractivity contribution < 1.29 is 57.5 Å². The molecule has 558 valence electrons. The Hall–Kier alpha value is -9.23. The predicted molar refractivity (Wildman–Crippen MR) is 404 cm³/mol. The number of carbonyl (C=O) groups excluding carboxylic acids is 12. The van der Waals surface area contributed by atoms with Crippen LogP contribution in [-0.2, 0) is 83.2 Å². The number of allylic oxidation sites excluding steroid dienone is 1. The summed E-state index contributed by atoms with van der Waals surface area (Å²) >= 11 is 1.24. The van der Waals surface area contributed by atoms with E-state index < -0.39 is 155 Å². The highest BCUT2D eigenvalue weighted by molar-refractivity contribution is 8.76. The summed E-state index contributed by atoms with van der Waals surface area (Å²) in [6, 6.07) is 12.8. The third-order valence-corrected chi connectivity index (χ3v) is 23.2. The number of rotatable bonds is 17. The molecular formula is C75H93N15O12S3. The zero-order valence-electron chi connectivity index (χ0n) is 58.9. The van der Waals surface area contributed by atoms with Crippen LogP contribution in [0.2, 0.25) is 0 Å². The smallest absolute Gasteiger partial charge is 0.247 e. The summed E-state index contributed by atoms with van der Waals surface area (Å²) in [4.78, 5) is 201. The molecule has 3 saturated heterocycles. The van der Waals surface area contributed by atoms with E-state index in [2.05, 4.69) is 62.1 Å². The average Bonchev–Trinajstić information content (AvgIpc) is 1.73. The van der Waals surface area contributed by atoms with Crippen LogP contribution in [0, 0.1) is 23.7 Å². The Bertz CT molecular complexity index is 4160. The molecule has 4 aliphatic rings. The lowest BCUT2D eigenvalue weighted by atomic mass is 9.81. The van der Waals surface area contributed by atoms with Crippen molar-refractivity contribution in [3.63, 3.8) is 0 Å². The van der Waals surface area contributed by atoms with E-state index in [1.54, 1.807) is 48.9 Å². The Kier molecular flexibility index (Phi) is 28.5. The lowest BCUT2D eigenvalue weighted by molar-refractivity contribution is -0.141. The van der Waals surface area contributed by atoms with Crippen LogP contribution < -0.4 is 48.7 Å². The third-order valence-electron chi connectivity index (χ3n) is 19.7. The molecule has 2 bridgehead atoms. The number of nitrogens with zero attached hydrogens (tertiary/aromatic N) is 3. The summed E-state index contributed by atoms with van der Waals surface area (Å²) in [7, 11) is 2.21. The Balaban J connectivity index is 1.08. The first-order valence-electron chi connectivity index (χ1n) is 35.8. The molecule has 27 nitrogen and oxygen atoms in total. The van der Waals surface area contributed by atoms with Crippen LogP contribution in [0.15, 0.2) is 121 Å². The second-order valence-electron chi connectivity index (χ2n) is 27.4. The minimum absolute atomic E-state index is 0.00169. The van der Waals surface area contributed by atoms with Gasteiger partial charge in [-0.15, -0.1) is 11.8 Å². The lowest BCUT2D eigenvalue weighted by Gasteiger charge is -2.30. The van der Waals surface area contributed by atoms with Crippen molar-refractivity contribution in [3.05, 3.63) is 138 Å². The van der Waals surface area contributed by atoms with E-state index in [1.807, 2.05) is 54.6 Å². The maximum absolute atomic E-state index is 15.8. The van der Waals surface area contributed by atoms with Crippen LogP contribution >= 0.6 is 33.3 Å². The van der Waals surface area contributed by atoms with Crippen molar-refractivity contribution in [1.29, 1.82) is 0 Å². The number of H-pyrrole nitrogens is 3. The standard InChI is InChI=1S/C75H93N15O12S3/c1-43-68(95)83-44(2)69(96)86-60(28-50-36-81-57-22-9-7-20-55(50)57)72(99)89-62-39-105-104-38-51(66(93)29-46(16-10-11-23-76)64(91)30-47(17-12-24-77)70(97)84-43)32-65(92)48(27-49-35-80-56-21-8-6-19-54(49)56)31-67(94)58(33-52-18-13-25-79-52)85-71(98)59(26-45-14-4-3-5-15-45)87-73(100)61(34-53-37-78-41-82-53)88-74(101)63-40-103-42-90(63)75(62)102/h3-9,14-15,18-22,25,35-37,41,43-44,46-48,51,58-63,80-81H,10-13,16-17,23-24,26-34,38-40,42,76-77H2,1-2H3,(H,78,82)(H,83,95)(H,84,97)(H,85,98)(H,86,96)(H,87,100)(H,88,101)(H,89,99)/t43-,44-,46+,47+,48+,51-,58-,59+,60-,61-,62-,63-/m0/s1. The molecular weight excluding hydrogens is 1400 g/mol. The number of ketones is 4. The number of para-hydroxylation sites is 2. The number of aromatic amines is 3. The number of nitrogens with two attached hydrogens (primary N) is 2. The molecule has 14 N–H and O–H groups in total. The number of imidazole rings is 1. The molecule has 30 heteroatoms. The quantitative estimate of drug-likeness (QED) is 0.0447. The van der Waals surface area contributed by atoms with E-state index >= 15 is 38.4 Å². The van der Waals surface area contributed by atoms with E-state index in [0.29, 0.717) is 53.8 Å². The number of hydrogen-bond donors (Lipinski definition) is 12. The second kappa shape index (κ2) is 38.2. The number of amides is 8. The number of nitrogens with one attached hydrogen (secondary N) is 10. The largest absolute Gasteiger partial charge is 0.361 e. The van der Waals surface area contributed by atoms with Crippen molar-refractivity contribution in [2.45, 2.75) is 158 Å². The monoisotopic (exact) mass is 1490 g/mol. The normalized spacial score (nSPS) is 26.1. The summed E-state index contributed by atoms with van der Waals surface area (Å²) in [5.74, 6) is -12.6. The van der Waals surface area contributed by atoms with Gasteiger partial charge in [-0.3, -0.25) is 62.5 Å². The molecule has 105 heavy (non-hydrogen) atoms. The lowest BCUT2D eigenvalue weighted by Crippen LogP contribution is -2.61. The topological polar surface area (TPSA) is 417 Å². The van der Waals surface area contributed by atoms with Gasteiger partial charge in [-0.05, 0) is 87.9 Å². The van der Waals surface area contributed by atoms with Gasteiger partial charge in [-0.25, -0.2) is 4.98 Å². The first-order chi connectivity index (χ1) is 50.7. The van der Waals surface area contributed by atoms with Gasteiger partial charge < -0.3 is 68.5 Å². The van der Waals surface area contributed by atoms with E-state index in [0.717, 1.165) is 43.4 Å². The maximum Gasteiger partial charge on any atom is 0.247 e. The molecule has 4 aliphatic heterocycles. The number of unbranched alkanes of at least 4 members (excludes halogenated alkanes) is 1. The van der Waals surface area contributed by atoms with Crippen molar-refractivity contribution in [1.82, 2.24) is 62.1 Å². The predicted octanol–water partition coefficient (Wildman–Crippen LogP) is 4.30. The molecule has 3 fully saturated rings. The van der Waals surface area contributed by atoms with Crippen molar-refractivity contribution >= 4 is 132 Å². The molecule has 10 rings (SSSR count). The Morgan fingerprint density at radius 2 is 1.07 bits per heavy atom. The zero-order valence-corrected chi connectivity index (χ0v) is 61.3. The summed E-state index contributed by atoms with van der Waals surface area (Å²) in [6.45, 7) is 3.28. The molecule has 6 aromatic rings. The van der Waals surface area contributed by atoms with Gasteiger partial charge in [0.25, 0.3) is 0 Å². The fraction of sp³-hybridized carbons (Fsp3) is 0.467. The minimum Gasteiger partial charge on any atom is -0.361 e. The molecule has 7 heterocycles. The van der Waals surface area contributed by atoms with E-state index in [4.69, 9.17) is 11.5 Å². The summed E-state index contributed by atoms with van der Waals surface area (Å²) in [5.41, 5.74) is 16.3. The van der Waals surface area contributed by atoms with Gasteiger partial charge in [0, 0.05) is 157 Å². The highest BCUT2D eigenvalue weighted by Crippen LogP contribution is 2.34. The SMILES string of the molecule is C[C@@H]1NC(=O)[C@H](CCCN)CC(=O)[C@H](CCCCN)CC(=O)[C@@H]2CSSC[C@H](NC(=O)[C@H](Cc3c[nH]c4ccccc34)NC(=O)[C@H](C)NC1=O)C(=O)N1CSC[C@H]1C(=O)N[C@@H](Cc1cnc[nH]1)C(=O)N[C@H](Cc1ccccc1)C(=O)N[C@@H](CC1=CCC=N1)C(=O)C[C@@H](Cc1c[nH]c3ccccc13)C(=O)C2. The van der Waals surface area contributed by atoms with E-state index in [9.17, 15) is 19.2 Å². The Morgan fingerprint density at radius 3 is 1.74 bits per heavy atom. The molecule has 0 radical (unpaired) electrons. The molecule has 3 aromatic carbocycles. The molecule has 0 aliphatic carbocycles. The number of carbonyl (C=O) groups is 12. The van der Waals surface area contributed by atoms with Gasteiger partial charge in [0.1, 0.15) is 59.6 Å². The summed E-state index contributed by atoms with van der Waals surface area (Å²) < 4.78 is 0. The minimum atomic E-state index is -1.48. The fourth-order valence-corrected chi connectivity index (χ4v) is 17.3. The molecule has 0 spiro atoms. The average molecular weight is 1490 g/mol.